The smallest absolute Gasteiger partial charge is 0.240 e. The molecule has 0 atom stereocenters. The van der Waals surface area contributed by atoms with E-state index >= 15 is 0 Å². The first-order valence-corrected chi connectivity index (χ1v) is 7.85. The molecule has 0 aliphatic heterocycles. The van der Waals surface area contributed by atoms with E-state index in [4.69, 9.17) is 15.6 Å². The number of hydrogen-bond acceptors (Lipinski definition) is 4. The van der Waals surface area contributed by atoms with Gasteiger partial charge in [0.05, 0.1) is 5.69 Å². The molecule has 100 valence electrons. The highest BCUT2D eigenvalue weighted by molar-refractivity contribution is 14.1. The highest BCUT2D eigenvalue weighted by Crippen LogP contribution is 2.32. The first-order valence-electron chi connectivity index (χ1n) is 5.22. The highest BCUT2D eigenvalue weighted by atomic mass is 127. The van der Waals surface area contributed by atoms with Crippen molar-refractivity contribution in [2.75, 3.05) is 5.73 Å². The Hall–Kier alpha value is -1.32. The molecule has 0 saturated carbocycles. The summed E-state index contributed by atoms with van der Waals surface area (Å²) in [4.78, 5) is -0.143. The lowest BCUT2D eigenvalue weighted by molar-refractivity contribution is 0.483. The minimum Gasteiger partial charge on any atom is -0.455 e. The van der Waals surface area contributed by atoms with Crippen molar-refractivity contribution in [3.05, 3.63) is 46.0 Å². The standard InChI is InChI=1S/C12H11IN2O3S/c13-8-3-1-4-9(7-8)18-10-5-2-6-11(12(10)14)19(15,16)17/h1-7H,14H2,(H2,15,16,17). The van der Waals surface area contributed by atoms with Gasteiger partial charge in [-0.05, 0) is 52.9 Å². The normalized spacial score (nSPS) is 11.3. The Morgan fingerprint density at radius 2 is 1.79 bits per heavy atom. The Bertz CT molecular complexity index is 717. The number of hydrogen-bond donors (Lipinski definition) is 2. The number of para-hydroxylation sites is 1. The first-order chi connectivity index (χ1) is 8.88. The van der Waals surface area contributed by atoms with Gasteiger partial charge in [0.1, 0.15) is 10.6 Å². The van der Waals surface area contributed by atoms with Crippen molar-refractivity contribution in [2.24, 2.45) is 5.14 Å². The largest absolute Gasteiger partial charge is 0.455 e. The third-order valence-corrected chi connectivity index (χ3v) is 4.00. The van der Waals surface area contributed by atoms with Crippen molar-refractivity contribution in [1.29, 1.82) is 0 Å². The minimum atomic E-state index is -3.86. The SMILES string of the molecule is Nc1c(Oc2cccc(I)c2)cccc1S(N)(=O)=O. The first kappa shape index (κ1) is 14.1. The van der Waals surface area contributed by atoms with Crippen molar-refractivity contribution in [2.45, 2.75) is 4.90 Å². The predicted molar refractivity (Wildman–Crippen MR) is 81.5 cm³/mol. The molecule has 2 rings (SSSR count). The minimum absolute atomic E-state index is 0.00358. The van der Waals surface area contributed by atoms with Crippen LogP contribution in [0.25, 0.3) is 0 Å². The van der Waals surface area contributed by atoms with E-state index in [2.05, 4.69) is 22.6 Å². The van der Waals surface area contributed by atoms with Crippen LogP contribution in [0.2, 0.25) is 0 Å². The Labute approximate surface area is 124 Å². The van der Waals surface area contributed by atoms with Crippen LogP contribution in [0.5, 0.6) is 11.5 Å². The fourth-order valence-corrected chi connectivity index (χ4v) is 2.71. The molecule has 0 aliphatic carbocycles. The number of primary sulfonamides is 1. The molecule has 5 nitrogen and oxygen atoms in total. The van der Waals surface area contributed by atoms with Gasteiger partial charge >= 0.3 is 0 Å². The monoisotopic (exact) mass is 390 g/mol. The molecule has 7 heteroatoms. The summed E-state index contributed by atoms with van der Waals surface area (Å²) in [5, 5.41) is 5.08. The molecule has 0 spiro atoms. The molecule has 2 aromatic rings. The van der Waals surface area contributed by atoms with Gasteiger partial charge in [-0.15, -0.1) is 0 Å². The quantitative estimate of drug-likeness (QED) is 0.621. The maximum Gasteiger partial charge on any atom is 0.240 e. The molecule has 0 saturated heterocycles. The van der Waals surface area contributed by atoms with Crippen LogP contribution in [0.3, 0.4) is 0 Å². The van der Waals surface area contributed by atoms with Gasteiger partial charge in [0.15, 0.2) is 5.75 Å². The molecule has 0 heterocycles. The van der Waals surface area contributed by atoms with Gasteiger partial charge in [-0.3, -0.25) is 0 Å². The van der Waals surface area contributed by atoms with E-state index in [-0.39, 0.29) is 16.3 Å². The van der Waals surface area contributed by atoms with E-state index in [1.54, 1.807) is 12.1 Å². The number of nitrogens with two attached hydrogens (primary N) is 2. The molecule has 0 bridgehead atoms. The highest BCUT2D eigenvalue weighted by Gasteiger charge is 2.15. The van der Waals surface area contributed by atoms with Gasteiger partial charge in [-0.1, -0.05) is 12.1 Å². The van der Waals surface area contributed by atoms with E-state index in [0.717, 1.165) is 3.57 Å². The number of sulfonamides is 1. The zero-order valence-electron chi connectivity index (χ0n) is 9.71. The predicted octanol–water partition coefficient (Wildman–Crippen LogP) is 2.31. The van der Waals surface area contributed by atoms with Crippen LogP contribution in [-0.4, -0.2) is 8.42 Å². The van der Waals surface area contributed by atoms with Gasteiger partial charge in [0.25, 0.3) is 0 Å². The summed E-state index contributed by atoms with van der Waals surface area (Å²) in [6, 6.07) is 11.8. The maximum atomic E-state index is 11.4. The number of rotatable bonds is 3. The van der Waals surface area contributed by atoms with Gasteiger partial charge in [-0.2, -0.15) is 0 Å². The fraction of sp³-hybridized carbons (Fsp3) is 0. The molecule has 4 N–H and O–H groups in total. The molecule has 0 unspecified atom stereocenters. The molecule has 0 radical (unpaired) electrons. The van der Waals surface area contributed by atoms with Crippen LogP contribution in [0.4, 0.5) is 5.69 Å². The molecule has 0 amide bonds. The number of benzene rings is 2. The third-order valence-electron chi connectivity index (χ3n) is 2.36. The van der Waals surface area contributed by atoms with Gasteiger partial charge in [-0.25, -0.2) is 13.6 Å². The van der Waals surface area contributed by atoms with Crippen molar-refractivity contribution < 1.29 is 13.2 Å². The van der Waals surface area contributed by atoms with Gasteiger partial charge < -0.3 is 10.5 Å². The second-order valence-corrected chi connectivity index (χ2v) is 6.55. The molecule has 0 aliphatic rings. The summed E-state index contributed by atoms with van der Waals surface area (Å²) in [6.07, 6.45) is 0. The van der Waals surface area contributed by atoms with Crippen molar-refractivity contribution >= 4 is 38.3 Å². The number of ether oxygens (including phenoxy) is 1. The van der Waals surface area contributed by atoms with E-state index in [1.807, 2.05) is 18.2 Å². The van der Waals surface area contributed by atoms with Crippen LogP contribution in [0, 0.1) is 3.57 Å². The summed E-state index contributed by atoms with van der Waals surface area (Å²) >= 11 is 2.15. The molecule has 2 aromatic carbocycles. The second-order valence-electron chi connectivity index (χ2n) is 3.77. The summed E-state index contributed by atoms with van der Waals surface area (Å²) in [6.45, 7) is 0. The lowest BCUT2D eigenvalue weighted by Gasteiger charge is -2.11. The molecule has 0 aromatic heterocycles. The molecule has 0 fully saturated rings. The summed E-state index contributed by atoms with van der Waals surface area (Å²) < 4.78 is 29.3. The fourth-order valence-electron chi connectivity index (χ4n) is 1.52. The Kier molecular flexibility index (Phi) is 3.97. The average Bonchev–Trinajstić information content (AvgIpc) is 2.30. The Balaban J connectivity index is 2.42. The summed E-state index contributed by atoms with van der Waals surface area (Å²) in [7, 11) is -3.86. The Morgan fingerprint density at radius 1 is 1.11 bits per heavy atom. The lowest BCUT2D eigenvalue weighted by Crippen LogP contribution is -2.14. The van der Waals surface area contributed by atoms with Crippen LogP contribution in [0.1, 0.15) is 0 Å². The topological polar surface area (TPSA) is 95.4 Å². The van der Waals surface area contributed by atoms with Crippen molar-refractivity contribution in [3.8, 4) is 11.5 Å². The van der Waals surface area contributed by atoms with Gasteiger partial charge in [0.2, 0.25) is 10.0 Å². The molecular weight excluding hydrogens is 379 g/mol. The number of nitrogen functional groups attached to an aromatic ring is 1. The summed E-state index contributed by atoms with van der Waals surface area (Å²) in [5.74, 6) is 0.832. The maximum absolute atomic E-state index is 11.4. The van der Waals surface area contributed by atoms with Crippen molar-refractivity contribution in [3.63, 3.8) is 0 Å². The van der Waals surface area contributed by atoms with Crippen LogP contribution >= 0.6 is 22.6 Å². The van der Waals surface area contributed by atoms with Crippen LogP contribution < -0.4 is 15.6 Å². The average molecular weight is 390 g/mol. The van der Waals surface area contributed by atoms with Gasteiger partial charge in [0, 0.05) is 3.57 Å². The van der Waals surface area contributed by atoms with Crippen molar-refractivity contribution in [1.82, 2.24) is 0 Å². The molecule has 19 heavy (non-hydrogen) atoms. The third kappa shape index (κ3) is 3.37. The van der Waals surface area contributed by atoms with E-state index < -0.39 is 10.0 Å². The Morgan fingerprint density at radius 3 is 2.42 bits per heavy atom. The second kappa shape index (κ2) is 5.35. The van der Waals surface area contributed by atoms with E-state index in [0.29, 0.717) is 5.75 Å². The zero-order valence-corrected chi connectivity index (χ0v) is 12.7. The van der Waals surface area contributed by atoms with E-state index in [1.165, 1.54) is 12.1 Å². The number of halogens is 1. The lowest BCUT2D eigenvalue weighted by atomic mass is 10.3. The molecular formula is C12H11IN2O3S. The van der Waals surface area contributed by atoms with Crippen LogP contribution in [0.15, 0.2) is 47.4 Å². The summed E-state index contributed by atoms with van der Waals surface area (Å²) in [5.41, 5.74) is 5.77. The van der Waals surface area contributed by atoms with E-state index in [9.17, 15) is 8.42 Å². The number of anilines is 1. The zero-order chi connectivity index (χ0) is 14.0. The van der Waals surface area contributed by atoms with Crippen LogP contribution in [-0.2, 0) is 10.0 Å².